The smallest absolute Gasteiger partial charge is 0.381 e. The summed E-state index contributed by atoms with van der Waals surface area (Å²) in [4.78, 5) is 39.3. The molecule has 0 aliphatic carbocycles. The van der Waals surface area contributed by atoms with Gasteiger partial charge in [-0.25, -0.2) is 9.97 Å². The van der Waals surface area contributed by atoms with Crippen molar-refractivity contribution in [3.8, 4) is 0 Å². The minimum absolute atomic E-state index is 0.0268. The van der Waals surface area contributed by atoms with E-state index in [9.17, 15) is 22.8 Å². The Bertz CT molecular complexity index is 1340. The van der Waals surface area contributed by atoms with Crippen LogP contribution >= 0.6 is 0 Å². The van der Waals surface area contributed by atoms with Crippen LogP contribution in [0.5, 0.6) is 0 Å². The average Bonchev–Trinajstić information content (AvgIpc) is 3.65. The number of fused-ring (bicyclic) bond motifs is 1. The van der Waals surface area contributed by atoms with Crippen LogP contribution in [0.2, 0.25) is 0 Å². The van der Waals surface area contributed by atoms with Crippen LogP contribution < -0.4 is 0 Å². The normalized spacial score (nSPS) is 23.9. The van der Waals surface area contributed by atoms with E-state index in [1.807, 2.05) is 29.3 Å². The molecule has 218 valence electrons. The molecule has 0 N–H and O–H groups in total. The van der Waals surface area contributed by atoms with Crippen molar-refractivity contribution >= 4 is 11.8 Å². The van der Waals surface area contributed by atoms with Gasteiger partial charge in [0.1, 0.15) is 0 Å². The van der Waals surface area contributed by atoms with Crippen molar-refractivity contribution in [3.63, 3.8) is 0 Å². The Labute approximate surface area is 237 Å². The summed E-state index contributed by atoms with van der Waals surface area (Å²) in [5.41, 5.74) is 2.53. The van der Waals surface area contributed by atoms with E-state index in [4.69, 9.17) is 4.74 Å². The van der Waals surface area contributed by atoms with Crippen LogP contribution in [0.3, 0.4) is 0 Å². The van der Waals surface area contributed by atoms with Crippen molar-refractivity contribution < 1.29 is 27.5 Å². The van der Waals surface area contributed by atoms with E-state index in [2.05, 4.69) is 27.0 Å². The SMILES string of the molecule is Cc1nc(C(F)(F)F)nc(C)c1C(=O)N1C=C2CN(CCC3(c4ccccc4)CN(C(=O)C4CCOC4)C3)CC2C1. The number of aromatic nitrogens is 2. The summed E-state index contributed by atoms with van der Waals surface area (Å²) in [7, 11) is 0. The zero-order valence-electron chi connectivity index (χ0n) is 23.3. The molecular formula is C30H34F3N5O3. The number of hydrogen-bond donors (Lipinski definition) is 0. The first-order valence-corrected chi connectivity index (χ1v) is 14.1. The number of carbonyl (C=O) groups excluding carboxylic acids is 2. The van der Waals surface area contributed by atoms with Crippen LogP contribution in [0.25, 0.3) is 0 Å². The number of alkyl halides is 3. The number of likely N-dealkylation sites (tertiary alicyclic amines) is 2. The molecule has 2 amide bonds. The molecule has 4 aliphatic rings. The lowest BCUT2D eigenvalue weighted by Crippen LogP contribution is -2.63. The van der Waals surface area contributed by atoms with Gasteiger partial charge in [0.05, 0.1) is 29.5 Å². The highest BCUT2D eigenvalue weighted by Crippen LogP contribution is 2.40. The van der Waals surface area contributed by atoms with Gasteiger partial charge in [-0.1, -0.05) is 30.3 Å². The van der Waals surface area contributed by atoms with Gasteiger partial charge in [-0.3, -0.25) is 14.5 Å². The number of hydrogen-bond acceptors (Lipinski definition) is 6. The topological polar surface area (TPSA) is 78.9 Å². The summed E-state index contributed by atoms with van der Waals surface area (Å²) in [5, 5.41) is 0. The maximum Gasteiger partial charge on any atom is 0.451 e. The molecule has 1 aromatic carbocycles. The quantitative estimate of drug-likeness (QED) is 0.529. The summed E-state index contributed by atoms with van der Waals surface area (Å²) >= 11 is 0. The molecule has 2 atom stereocenters. The molecule has 0 saturated carbocycles. The summed E-state index contributed by atoms with van der Waals surface area (Å²) in [5.74, 6) is -1.23. The first-order chi connectivity index (χ1) is 19.5. The Kier molecular flexibility index (Phi) is 7.14. The second-order valence-electron chi connectivity index (χ2n) is 11.8. The number of ether oxygens (including phenoxy) is 1. The van der Waals surface area contributed by atoms with Crippen LogP contribution in [0, 0.1) is 25.7 Å². The lowest BCUT2D eigenvalue weighted by Gasteiger charge is -2.52. The number of carbonyl (C=O) groups is 2. The standard InChI is InChI=1S/C30H34F3N5O3/c1-19-25(20(2)35-28(34-19)30(31,32)33)27(40)37-14-22-12-36(13-23(22)15-37)10-9-29(24-6-4-3-5-7-24)17-38(18-29)26(39)21-8-11-41-16-21/h3-7,14,21,23H,8-13,15-18H2,1-2H3. The lowest BCUT2D eigenvalue weighted by molar-refractivity contribution is -0.145. The van der Waals surface area contributed by atoms with E-state index in [-0.39, 0.29) is 46.0 Å². The minimum Gasteiger partial charge on any atom is -0.381 e. The van der Waals surface area contributed by atoms with E-state index in [1.54, 1.807) is 4.90 Å². The molecule has 1 aromatic heterocycles. The molecule has 41 heavy (non-hydrogen) atoms. The van der Waals surface area contributed by atoms with Gasteiger partial charge in [0, 0.05) is 56.9 Å². The van der Waals surface area contributed by atoms with Crippen molar-refractivity contribution in [1.29, 1.82) is 0 Å². The van der Waals surface area contributed by atoms with Gasteiger partial charge in [0.15, 0.2) is 0 Å². The highest BCUT2D eigenvalue weighted by atomic mass is 19.4. The molecular weight excluding hydrogens is 535 g/mol. The predicted molar refractivity (Wildman–Crippen MR) is 144 cm³/mol. The Morgan fingerprint density at radius 3 is 2.39 bits per heavy atom. The zero-order valence-corrected chi connectivity index (χ0v) is 23.3. The van der Waals surface area contributed by atoms with E-state index >= 15 is 0 Å². The maximum atomic E-state index is 13.3. The fourth-order valence-corrected chi connectivity index (χ4v) is 6.78. The average molecular weight is 570 g/mol. The third-order valence-electron chi connectivity index (χ3n) is 9.02. The predicted octanol–water partition coefficient (Wildman–Crippen LogP) is 3.59. The van der Waals surface area contributed by atoms with Gasteiger partial charge in [0.2, 0.25) is 11.7 Å². The highest BCUT2D eigenvalue weighted by Gasteiger charge is 2.48. The zero-order chi connectivity index (χ0) is 28.9. The molecule has 5 heterocycles. The summed E-state index contributed by atoms with van der Waals surface area (Å²) < 4.78 is 44.7. The summed E-state index contributed by atoms with van der Waals surface area (Å²) in [6.07, 6.45) is -1.09. The van der Waals surface area contributed by atoms with Crippen LogP contribution in [-0.4, -0.2) is 89.0 Å². The number of nitrogens with zero attached hydrogens (tertiary/aromatic N) is 5. The van der Waals surface area contributed by atoms with E-state index in [1.165, 1.54) is 19.4 Å². The Balaban J connectivity index is 1.10. The number of rotatable bonds is 6. The molecule has 11 heteroatoms. The van der Waals surface area contributed by atoms with Gasteiger partial charge in [-0.05, 0) is 44.4 Å². The number of benzene rings is 1. The van der Waals surface area contributed by atoms with Crippen LogP contribution in [-0.2, 0) is 21.1 Å². The van der Waals surface area contributed by atoms with Crippen molar-refractivity contribution in [2.45, 2.75) is 38.3 Å². The molecule has 6 rings (SSSR count). The second kappa shape index (κ2) is 10.5. The van der Waals surface area contributed by atoms with Crippen molar-refractivity contribution in [1.82, 2.24) is 24.7 Å². The van der Waals surface area contributed by atoms with Gasteiger partial charge >= 0.3 is 6.18 Å². The Hall–Kier alpha value is -3.31. The maximum absolute atomic E-state index is 13.3. The summed E-state index contributed by atoms with van der Waals surface area (Å²) in [6.45, 7) is 8.33. The molecule has 4 aliphatic heterocycles. The summed E-state index contributed by atoms with van der Waals surface area (Å²) in [6, 6.07) is 10.4. The number of aryl methyl sites for hydroxylation is 2. The Morgan fingerprint density at radius 1 is 1.07 bits per heavy atom. The van der Waals surface area contributed by atoms with E-state index in [0.29, 0.717) is 32.8 Å². The van der Waals surface area contributed by atoms with Gasteiger partial charge < -0.3 is 14.5 Å². The number of amides is 2. The molecule has 3 fully saturated rings. The van der Waals surface area contributed by atoms with Gasteiger partial charge in [0.25, 0.3) is 5.91 Å². The van der Waals surface area contributed by atoms with E-state index < -0.39 is 12.0 Å². The fourth-order valence-electron chi connectivity index (χ4n) is 6.78. The van der Waals surface area contributed by atoms with Gasteiger partial charge in [-0.2, -0.15) is 13.2 Å². The molecule has 2 aromatic rings. The van der Waals surface area contributed by atoms with Crippen LogP contribution in [0.4, 0.5) is 13.2 Å². The minimum atomic E-state index is -4.66. The van der Waals surface area contributed by atoms with Crippen molar-refractivity contribution in [2.75, 3.05) is 52.5 Å². The molecule has 0 radical (unpaired) electrons. The lowest BCUT2D eigenvalue weighted by atomic mass is 9.70. The van der Waals surface area contributed by atoms with Crippen LogP contribution in [0.15, 0.2) is 42.1 Å². The molecule has 8 nitrogen and oxygen atoms in total. The third kappa shape index (κ3) is 5.25. The van der Waals surface area contributed by atoms with Crippen molar-refractivity contribution in [3.05, 3.63) is 70.4 Å². The number of halogens is 3. The third-order valence-corrected chi connectivity index (χ3v) is 9.02. The monoisotopic (exact) mass is 569 g/mol. The molecule has 3 saturated heterocycles. The molecule has 0 spiro atoms. The van der Waals surface area contributed by atoms with Crippen LogP contribution in [0.1, 0.15) is 46.0 Å². The Morgan fingerprint density at radius 2 is 1.78 bits per heavy atom. The fraction of sp³-hybridized carbons (Fsp3) is 0.533. The molecule has 2 unspecified atom stereocenters. The van der Waals surface area contributed by atoms with Gasteiger partial charge in [-0.15, -0.1) is 0 Å². The van der Waals surface area contributed by atoms with E-state index in [0.717, 1.165) is 38.0 Å². The first kappa shape index (κ1) is 27.8. The highest BCUT2D eigenvalue weighted by molar-refractivity contribution is 5.97. The van der Waals surface area contributed by atoms with Crippen molar-refractivity contribution in [2.24, 2.45) is 11.8 Å². The first-order valence-electron chi connectivity index (χ1n) is 14.1. The largest absolute Gasteiger partial charge is 0.451 e. The molecule has 0 bridgehead atoms. The second-order valence-corrected chi connectivity index (χ2v) is 11.8.